The Morgan fingerprint density at radius 2 is 1.73 bits per heavy atom. The number of nitrogens with one attached hydrogen (secondary N) is 2. The van der Waals surface area contributed by atoms with E-state index in [0.717, 1.165) is 39.1 Å². The van der Waals surface area contributed by atoms with Crippen LogP contribution >= 0.6 is 24.8 Å². The van der Waals surface area contributed by atoms with E-state index in [0.29, 0.717) is 12.1 Å². The second-order valence-electron chi connectivity index (χ2n) is 6.07. The Balaban J connectivity index is 0.00000312. The average molecular weight is 427 g/mol. The Hall–Kier alpha value is -0.900. The van der Waals surface area contributed by atoms with Gasteiger partial charge >= 0.3 is 0 Å². The second kappa shape index (κ2) is 11.7. The van der Waals surface area contributed by atoms with Crippen molar-refractivity contribution in [1.82, 2.24) is 19.8 Å². The highest BCUT2D eigenvalue weighted by Gasteiger charge is 2.15. The first kappa shape index (κ1) is 25.1. The van der Waals surface area contributed by atoms with Crippen LogP contribution in [0.25, 0.3) is 0 Å². The predicted octanol–water partition coefficient (Wildman–Crippen LogP) is 0.806. The topological polar surface area (TPSA) is 81.8 Å². The van der Waals surface area contributed by atoms with Gasteiger partial charge in [-0.05, 0) is 37.2 Å². The normalized spacial score (nSPS) is 14.8. The average Bonchev–Trinajstić information content (AvgIpc) is 2.59. The second-order valence-corrected chi connectivity index (χ2v) is 7.83. The van der Waals surface area contributed by atoms with E-state index in [1.165, 1.54) is 29.2 Å². The number of piperazine rings is 1. The van der Waals surface area contributed by atoms with Crippen molar-refractivity contribution in [2.24, 2.45) is 0 Å². The van der Waals surface area contributed by atoms with Gasteiger partial charge in [-0.1, -0.05) is 0 Å². The summed E-state index contributed by atoms with van der Waals surface area (Å²) in [6.45, 7) is 5.29. The van der Waals surface area contributed by atoms with Crippen LogP contribution in [0.15, 0.2) is 29.2 Å². The first-order valence-electron chi connectivity index (χ1n) is 8.14. The molecule has 1 aromatic carbocycles. The van der Waals surface area contributed by atoms with Gasteiger partial charge in [0, 0.05) is 52.4 Å². The molecule has 0 aliphatic carbocycles. The van der Waals surface area contributed by atoms with Crippen molar-refractivity contribution in [2.45, 2.75) is 11.3 Å². The van der Waals surface area contributed by atoms with Crippen LogP contribution in [0, 0.1) is 0 Å². The zero-order valence-corrected chi connectivity index (χ0v) is 17.6. The van der Waals surface area contributed by atoms with E-state index in [2.05, 4.69) is 14.9 Å². The molecule has 1 heterocycles. The maximum atomic E-state index is 12.3. The van der Waals surface area contributed by atoms with Crippen molar-refractivity contribution in [2.75, 3.05) is 53.4 Å². The van der Waals surface area contributed by atoms with E-state index in [9.17, 15) is 13.2 Å². The number of benzene rings is 1. The molecule has 1 aliphatic rings. The summed E-state index contributed by atoms with van der Waals surface area (Å²) in [5, 5.41) is 3.29. The lowest BCUT2D eigenvalue weighted by atomic mass is 10.2. The molecule has 1 amide bonds. The van der Waals surface area contributed by atoms with Crippen LogP contribution in [0.4, 0.5) is 0 Å². The number of hydrogen-bond donors (Lipinski definition) is 2. The van der Waals surface area contributed by atoms with Crippen molar-refractivity contribution in [3.8, 4) is 0 Å². The van der Waals surface area contributed by atoms with Crippen molar-refractivity contribution in [1.29, 1.82) is 0 Å². The van der Waals surface area contributed by atoms with Crippen molar-refractivity contribution < 1.29 is 13.2 Å². The van der Waals surface area contributed by atoms with E-state index in [1.54, 1.807) is 14.1 Å². The van der Waals surface area contributed by atoms with Gasteiger partial charge in [0.25, 0.3) is 5.91 Å². The Bertz CT molecular complexity index is 648. The van der Waals surface area contributed by atoms with Crippen LogP contribution < -0.4 is 10.0 Å². The number of carbonyl (C=O) groups is 1. The molecule has 1 saturated heterocycles. The predicted molar refractivity (Wildman–Crippen MR) is 108 cm³/mol. The van der Waals surface area contributed by atoms with E-state index in [4.69, 9.17) is 0 Å². The fourth-order valence-electron chi connectivity index (χ4n) is 2.56. The minimum Gasteiger partial charge on any atom is -0.345 e. The summed E-state index contributed by atoms with van der Waals surface area (Å²) in [7, 11) is -0.212. The Morgan fingerprint density at radius 3 is 2.27 bits per heavy atom. The molecule has 10 heteroatoms. The molecule has 1 aliphatic heterocycles. The molecule has 150 valence electrons. The van der Waals surface area contributed by atoms with Gasteiger partial charge in [-0.25, -0.2) is 13.1 Å². The summed E-state index contributed by atoms with van der Waals surface area (Å²) in [6, 6.07) is 6.01. The maximum Gasteiger partial charge on any atom is 0.253 e. The van der Waals surface area contributed by atoms with Crippen LogP contribution in [0.1, 0.15) is 16.8 Å². The van der Waals surface area contributed by atoms with Crippen LogP contribution in [0.3, 0.4) is 0 Å². The van der Waals surface area contributed by atoms with Crippen LogP contribution in [0.5, 0.6) is 0 Å². The Morgan fingerprint density at radius 1 is 1.15 bits per heavy atom. The Labute approximate surface area is 168 Å². The molecule has 2 rings (SSSR count). The van der Waals surface area contributed by atoms with Gasteiger partial charge in [-0.15, -0.1) is 24.8 Å². The molecule has 0 atom stereocenters. The summed E-state index contributed by atoms with van der Waals surface area (Å²) in [4.78, 5) is 15.8. The van der Waals surface area contributed by atoms with E-state index in [-0.39, 0.29) is 35.6 Å². The molecule has 2 N–H and O–H groups in total. The lowest BCUT2D eigenvalue weighted by Crippen LogP contribution is -2.44. The van der Waals surface area contributed by atoms with E-state index < -0.39 is 10.0 Å². The largest absolute Gasteiger partial charge is 0.345 e. The molecule has 7 nitrogen and oxygen atoms in total. The first-order chi connectivity index (χ1) is 11.4. The summed E-state index contributed by atoms with van der Waals surface area (Å²) in [6.07, 6.45) is 0.774. The first-order valence-corrected chi connectivity index (χ1v) is 9.63. The lowest BCUT2D eigenvalue weighted by molar-refractivity contribution is 0.0827. The van der Waals surface area contributed by atoms with E-state index in [1.807, 2.05) is 0 Å². The molecule has 0 bridgehead atoms. The van der Waals surface area contributed by atoms with Gasteiger partial charge in [-0.3, -0.25) is 4.79 Å². The molecule has 0 unspecified atom stereocenters. The van der Waals surface area contributed by atoms with Gasteiger partial charge in [0.1, 0.15) is 0 Å². The zero-order chi connectivity index (χ0) is 17.6. The van der Waals surface area contributed by atoms with E-state index >= 15 is 0 Å². The monoisotopic (exact) mass is 426 g/mol. The van der Waals surface area contributed by atoms with Crippen LogP contribution in [-0.4, -0.2) is 77.5 Å². The number of halogens is 2. The third-order valence-corrected chi connectivity index (χ3v) is 5.45. The standard InChI is InChI=1S/C16H26N4O3S.2ClH/c1-19(2)16(21)14-4-6-15(7-5-14)24(22,23)18-8-3-11-20-12-9-17-10-13-20;;/h4-7,17-18H,3,8-13H2,1-2H3;2*1H. The highest BCUT2D eigenvalue weighted by molar-refractivity contribution is 7.89. The summed E-state index contributed by atoms with van der Waals surface area (Å²) >= 11 is 0. The molecule has 0 aromatic heterocycles. The van der Waals surface area contributed by atoms with Crippen LogP contribution in [-0.2, 0) is 10.0 Å². The fourth-order valence-corrected chi connectivity index (χ4v) is 3.64. The SMILES string of the molecule is CN(C)C(=O)c1ccc(S(=O)(=O)NCCCN2CCNCC2)cc1.Cl.Cl. The molecule has 1 fully saturated rings. The number of amides is 1. The number of nitrogens with zero attached hydrogens (tertiary/aromatic N) is 2. The van der Waals surface area contributed by atoms with Crippen molar-refractivity contribution >= 4 is 40.7 Å². The van der Waals surface area contributed by atoms with Gasteiger partial charge in [0.2, 0.25) is 10.0 Å². The molecule has 0 radical (unpaired) electrons. The highest BCUT2D eigenvalue weighted by Crippen LogP contribution is 2.11. The molecule has 0 saturated carbocycles. The van der Waals surface area contributed by atoms with Crippen molar-refractivity contribution in [3.63, 3.8) is 0 Å². The molecular formula is C16H28Cl2N4O3S. The fraction of sp³-hybridized carbons (Fsp3) is 0.562. The third-order valence-electron chi connectivity index (χ3n) is 3.97. The molecule has 1 aromatic rings. The zero-order valence-electron chi connectivity index (χ0n) is 15.1. The highest BCUT2D eigenvalue weighted by atomic mass is 35.5. The van der Waals surface area contributed by atoms with Gasteiger partial charge < -0.3 is 15.1 Å². The number of rotatable bonds is 7. The third kappa shape index (κ3) is 7.38. The van der Waals surface area contributed by atoms with Gasteiger partial charge in [0.05, 0.1) is 4.90 Å². The summed E-state index contributed by atoms with van der Waals surface area (Å²) in [5.74, 6) is -0.150. The number of carbonyl (C=O) groups excluding carboxylic acids is 1. The lowest BCUT2D eigenvalue weighted by Gasteiger charge is -2.27. The van der Waals surface area contributed by atoms with Crippen LogP contribution in [0.2, 0.25) is 0 Å². The smallest absolute Gasteiger partial charge is 0.253 e. The summed E-state index contributed by atoms with van der Waals surface area (Å²) < 4.78 is 27.2. The van der Waals surface area contributed by atoms with Crippen molar-refractivity contribution in [3.05, 3.63) is 29.8 Å². The Kier molecular flexibility index (Phi) is 11.3. The molecular weight excluding hydrogens is 399 g/mol. The number of hydrogen-bond acceptors (Lipinski definition) is 5. The summed E-state index contributed by atoms with van der Waals surface area (Å²) in [5.41, 5.74) is 0.470. The molecule has 26 heavy (non-hydrogen) atoms. The maximum absolute atomic E-state index is 12.3. The van der Waals surface area contributed by atoms with Gasteiger partial charge in [-0.2, -0.15) is 0 Å². The van der Waals surface area contributed by atoms with Gasteiger partial charge in [0.15, 0.2) is 0 Å². The quantitative estimate of drug-likeness (QED) is 0.630. The minimum absolute atomic E-state index is 0. The molecule has 0 spiro atoms. The number of sulfonamides is 1. The minimum atomic E-state index is -3.53.